The van der Waals surface area contributed by atoms with Gasteiger partial charge in [-0.3, -0.25) is 0 Å². The molecule has 2 aromatic rings. The predicted octanol–water partition coefficient (Wildman–Crippen LogP) is 2.60. The molecule has 1 aromatic carbocycles. The molecule has 0 fully saturated rings. The van der Waals surface area contributed by atoms with Crippen LogP contribution in [0.1, 0.15) is 5.56 Å². The number of hydrogen-bond acceptors (Lipinski definition) is 3. The summed E-state index contributed by atoms with van der Waals surface area (Å²) < 4.78 is 5.13. The maximum absolute atomic E-state index is 5.77. The Hall–Kier alpha value is -1.35. The molecule has 0 saturated carbocycles. The average Bonchev–Trinajstić information content (AvgIpc) is 2.18. The fraction of sp³-hybridized carbons (Fsp3) is 0.200. The summed E-state index contributed by atoms with van der Waals surface area (Å²) in [6, 6.07) is 5.83. The van der Waals surface area contributed by atoms with E-state index in [1.54, 1.807) is 7.11 Å². The Morgan fingerprint density at radius 1 is 1.29 bits per heavy atom. The molecule has 2 rings (SSSR count). The van der Waals surface area contributed by atoms with Crippen LogP contribution >= 0.6 is 11.6 Å². The first-order valence-corrected chi connectivity index (χ1v) is 4.57. The third-order valence-corrected chi connectivity index (χ3v) is 2.23. The molecule has 0 spiro atoms. The number of benzene rings is 1. The zero-order chi connectivity index (χ0) is 10.1. The fourth-order valence-corrected chi connectivity index (χ4v) is 1.56. The molecule has 0 atom stereocenters. The van der Waals surface area contributed by atoms with Gasteiger partial charge in [-0.15, -0.1) is 0 Å². The predicted molar refractivity (Wildman–Crippen MR) is 55.8 cm³/mol. The molecule has 0 bridgehead atoms. The lowest BCUT2D eigenvalue weighted by Crippen LogP contribution is -1.93. The molecule has 4 heteroatoms. The van der Waals surface area contributed by atoms with Gasteiger partial charge >= 0.3 is 0 Å². The van der Waals surface area contributed by atoms with Gasteiger partial charge in [0.15, 0.2) is 0 Å². The number of aromatic nitrogens is 2. The molecule has 72 valence electrons. The third-order valence-electron chi connectivity index (χ3n) is 2.06. The summed E-state index contributed by atoms with van der Waals surface area (Å²) in [5, 5.41) is 1.10. The van der Waals surface area contributed by atoms with Crippen LogP contribution < -0.4 is 4.74 Å². The second-order valence-corrected chi connectivity index (χ2v) is 3.31. The van der Waals surface area contributed by atoms with E-state index in [2.05, 4.69) is 9.97 Å². The van der Waals surface area contributed by atoms with Crippen molar-refractivity contribution in [3.05, 3.63) is 29.0 Å². The van der Waals surface area contributed by atoms with Crippen molar-refractivity contribution >= 4 is 22.5 Å². The average molecular weight is 209 g/mol. The zero-order valence-electron chi connectivity index (χ0n) is 7.91. The lowest BCUT2D eigenvalue weighted by atomic mass is 10.1. The number of rotatable bonds is 1. The normalized spacial score (nSPS) is 10.5. The van der Waals surface area contributed by atoms with Gasteiger partial charge in [-0.1, -0.05) is 12.1 Å². The highest BCUT2D eigenvalue weighted by Crippen LogP contribution is 2.25. The summed E-state index contributed by atoms with van der Waals surface area (Å²) in [7, 11) is 1.57. The van der Waals surface area contributed by atoms with Gasteiger partial charge in [0.05, 0.1) is 18.0 Å². The lowest BCUT2D eigenvalue weighted by molar-refractivity contribution is 0.402. The van der Waals surface area contributed by atoms with Crippen LogP contribution in [0.25, 0.3) is 10.9 Å². The van der Waals surface area contributed by atoms with Crippen molar-refractivity contribution in [1.29, 1.82) is 0 Å². The van der Waals surface area contributed by atoms with Crippen LogP contribution in [0.3, 0.4) is 0 Å². The SMILES string of the molecule is COc1nc(Cl)nc2c(C)cccc12. The molecule has 0 saturated heterocycles. The van der Waals surface area contributed by atoms with Crippen LogP contribution in [0.15, 0.2) is 18.2 Å². The van der Waals surface area contributed by atoms with E-state index in [0.29, 0.717) is 5.88 Å². The van der Waals surface area contributed by atoms with Crippen molar-refractivity contribution in [1.82, 2.24) is 9.97 Å². The van der Waals surface area contributed by atoms with E-state index in [0.717, 1.165) is 16.5 Å². The monoisotopic (exact) mass is 208 g/mol. The summed E-state index contributed by atoms with van der Waals surface area (Å²) >= 11 is 5.77. The van der Waals surface area contributed by atoms with Crippen molar-refractivity contribution in [2.24, 2.45) is 0 Å². The molecule has 3 nitrogen and oxygen atoms in total. The second-order valence-electron chi connectivity index (χ2n) is 2.97. The fourth-order valence-electron chi connectivity index (χ4n) is 1.40. The van der Waals surface area contributed by atoms with Gasteiger partial charge in [0, 0.05) is 0 Å². The minimum absolute atomic E-state index is 0.212. The molecule has 0 aliphatic rings. The molecule has 1 aromatic heterocycles. The van der Waals surface area contributed by atoms with Crippen molar-refractivity contribution in [3.8, 4) is 5.88 Å². The molecule has 14 heavy (non-hydrogen) atoms. The Labute approximate surface area is 86.7 Å². The number of aryl methyl sites for hydroxylation is 1. The minimum Gasteiger partial charge on any atom is -0.480 e. The van der Waals surface area contributed by atoms with Crippen LogP contribution in [-0.2, 0) is 0 Å². The van der Waals surface area contributed by atoms with E-state index >= 15 is 0 Å². The summed E-state index contributed by atoms with van der Waals surface area (Å²) in [6.45, 7) is 1.98. The standard InChI is InChI=1S/C10H9ClN2O/c1-6-4-3-5-7-8(6)12-10(11)13-9(7)14-2/h3-5H,1-2H3. The largest absolute Gasteiger partial charge is 0.480 e. The highest BCUT2D eigenvalue weighted by molar-refractivity contribution is 6.28. The molecule has 0 amide bonds. The van der Waals surface area contributed by atoms with Gasteiger partial charge in [0.25, 0.3) is 0 Å². The summed E-state index contributed by atoms with van der Waals surface area (Å²) in [5.41, 5.74) is 1.90. The molecule has 0 aliphatic heterocycles. The number of para-hydroxylation sites is 1. The number of halogens is 1. The Morgan fingerprint density at radius 3 is 2.79 bits per heavy atom. The molecule has 1 heterocycles. The van der Waals surface area contributed by atoms with E-state index in [1.807, 2.05) is 25.1 Å². The summed E-state index contributed by atoms with van der Waals surface area (Å²) in [4.78, 5) is 8.15. The van der Waals surface area contributed by atoms with Crippen molar-refractivity contribution < 1.29 is 4.74 Å². The maximum atomic E-state index is 5.77. The van der Waals surface area contributed by atoms with Crippen molar-refractivity contribution in [3.63, 3.8) is 0 Å². The van der Waals surface area contributed by atoms with Crippen LogP contribution in [0.5, 0.6) is 5.88 Å². The first kappa shape index (κ1) is 9.21. The van der Waals surface area contributed by atoms with Crippen molar-refractivity contribution in [2.75, 3.05) is 7.11 Å². The first-order valence-electron chi connectivity index (χ1n) is 4.19. The zero-order valence-corrected chi connectivity index (χ0v) is 8.67. The summed E-state index contributed by atoms with van der Waals surface area (Å²) in [5.74, 6) is 0.517. The number of methoxy groups -OCH3 is 1. The Morgan fingerprint density at radius 2 is 2.07 bits per heavy atom. The van der Waals surface area contributed by atoms with E-state index in [4.69, 9.17) is 16.3 Å². The van der Waals surface area contributed by atoms with E-state index < -0.39 is 0 Å². The second kappa shape index (κ2) is 3.42. The van der Waals surface area contributed by atoms with E-state index in [9.17, 15) is 0 Å². The first-order chi connectivity index (χ1) is 6.72. The third kappa shape index (κ3) is 1.40. The Bertz CT molecular complexity index is 485. The number of nitrogens with zero attached hydrogens (tertiary/aromatic N) is 2. The quantitative estimate of drug-likeness (QED) is 0.676. The van der Waals surface area contributed by atoms with Gasteiger partial charge < -0.3 is 4.74 Å². The molecular formula is C10H9ClN2O. The molecule has 0 N–H and O–H groups in total. The van der Waals surface area contributed by atoms with Gasteiger partial charge in [0.2, 0.25) is 11.2 Å². The van der Waals surface area contributed by atoms with Gasteiger partial charge in [0.1, 0.15) is 0 Å². The highest BCUT2D eigenvalue weighted by atomic mass is 35.5. The van der Waals surface area contributed by atoms with Gasteiger partial charge in [-0.25, -0.2) is 4.98 Å². The minimum atomic E-state index is 0.212. The Balaban J connectivity index is 2.87. The number of hydrogen-bond donors (Lipinski definition) is 0. The summed E-state index contributed by atoms with van der Waals surface area (Å²) in [6.07, 6.45) is 0. The van der Waals surface area contributed by atoms with Gasteiger partial charge in [-0.2, -0.15) is 4.98 Å². The topological polar surface area (TPSA) is 35.0 Å². The van der Waals surface area contributed by atoms with Gasteiger partial charge in [-0.05, 0) is 30.2 Å². The Kier molecular flexibility index (Phi) is 2.25. The maximum Gasteiger partial charge on any atom is 0.226 e. The smallest absolute Gasteiger partial charge is 0.226 e. The van der Waals surface area contributed by atoms with Crippen LogP contribution in [0.4, 0.5) is 0 Å². The van der Waals surface area contributed by atoms with Crippen LogP contribution in [0.2, 0.25) is 5.28 Å². The molecule has 0 radical (unpaired) electrons. The molecular weight excluding hydrogens is 200 g/mol. The van der Waals surface area contributed by atoms with E-state index in [-0.39, 0.29) is 5.28 Å². The molecule has 0 aliphatic carbocycles. The van der Waals surface area contributed by atoms with Crippen LogP contribution in [0, 0.1) is 6.92 Å². The number of fused-ring (bicyclic) bond motifs is 1. The lowest BCUT2D eigenvalue weighted by Gasteiger charge is -2.05. The number of ether oxygens (including phenoxy) is 1. The van der Waals surface area contributed by atoms with Crippen LogP contribution in [-0.4, -0.2) is 17.1 Å². The van der Waals surface area contributed by atoms with E-state index in [1.165, 1.54) is 0 Å². The van der Waals surface area contributed by atoms with Crippen molar-refractivity contribution in [2.45, 2.75) is 6.92 Å². The molecule has 0 unspecified atom stereocenters. The highest BCUT2D eigenvalue weighted by Gasteiger charge is 2.07.